The van der Waals surface area contributed by atoms with Crippen LogP contribution in [0.15, 0.2) is 53.5 Å². The predicted octanol–water partition coefficient (Wildman–Crippen LogP) is 3.57. The molecule has 3 aromatic rings. The van der Waals surface area contributed by atoms with E-state index < -0.39 is 15.3 Å². The van der Waals surface area contributed by atoms with Gasteiger partial charge in [-0.15, -0.1) is 0 Å². The lowest BCUT2D eigenvalue weighted by Crippen LogP contribution is -2.50. The molecule has 1 aliphatic carbocycles. The van der Waals surface area contributed by atoms with E-state index in [2.05, 4.69) is 5.10 Å². The molecule has 0 unspecified atom stereocenters. The summed E-state index contributed by atoms with van der Waals surface area (Å²) in [5.74, 6) is 0.306. The van der Waals surface area contributed by atoms with E-state index in [0.717, 1.165) is 36.5 Å². The number of piperazine rings is 1. The first-order chi connectivity index (χ1) is 16.9. The lowest BCUT2D eigenvalue weighted by atomic mass is 10.1. The largest absolute Gasteiger partial charge is 0.483 e. The number of rotatable bonds is 6. The van der Waals surface area contributed by atoms with E-state index in [1.165, 1.54) is 8.99 Å². The highest BCUT2D eigenvalue weighted by Gasteiger charge is 2.32. The van der Waals surface area contributed by atoms with Crippen molar-refractivity contribution in [2.24, 2.45) is 0 Å². The minimum atomic E-state index is -3.31. The highest BCUT2D eigenvalue weighted by molar-refractivity contribution is 7.89. The molecule has 2 heterocycles. The lowest BCUT2D eigenvalue weighted by molar-refractivity contribution is 0.205. The van der Waals surface area contributed by atoms with Gasteiger partial charge >= 0.3 is 5.56 Å². The van der Waals surface area contributed by atoms with E-state index >= 15 is 0 Å². The Hall–Kier alpha value is -2.91. The van der Waals surface area contributed by atoms with Crippen molar-refractivity contribution in [3.63, 3.8) is 0 Å². The second-order valence-corrected chi connectivity index (χ2v) is 12.1. The van der Waals surface area contributed by atoms with Crippen LogP contribution in [0.2, 0.25) is 0 Å². The highest BCUT2D eigenvalue weighted by Crippen LogP contribution is 2.31. The Morgan fingerprint density at radius 1 is 0.943 bits per heavy atom. The van der Waals surface area contributed by atoms with Gasteiger partial charge < -0.3 is 9.64 Å². The molecule has 0 bridgehead atoms. The second kappa shape index (κ2) is 9.62. The van der Waals surface area contributed by atoms with Gasteiger partial charge in [-0.1, -0.05) is 36.4 Å². The summed E-state index contributed by atoms with van der Waals surface area (Å²) in [7, 11) is -3.31. The van der Waals surface area contributed by atoms with Gasteiger partial charge in [0.25, 0.3) is 0 Å². The van der Waals surface area contributed by atoms with Crippen molar-refractivity contribution in [2.75, 3.05) is 31.1 Å². The SMILES string of the molecule is CC(C)S(=O)(=O)N1CCN(c2cnn(-c3cccc4ccccc34)c(=O)c2OC2CCCC2)CC1. The molecule has 1 saturated heterocycles. The number of ether oxygens (including phenoxy) is 1. The summed E-state index contributed by atoms with van der Waals surface area (Å²) in [6, 6.07) is 13.7. The van der Waals surface area contributed by atoms with Crippen LogP contribution in [-0.4, -0.2) is 60.0 Å². The number of nitrogens with zero attached hydrogens (tertiary/aromatic N) is 4. The van der Waals surface area contributed by atoms with Gasteiger partial charge in [0, 0.05) is 31.6 Å². The Balaban J connectivity index is 1.52. The molecule has 1 saturated carbocycles. The molecule has 2 aliphatic rings. The van der Waals surface area contributed by atoms with E-state index in [-0.39, 0.29) is 11.7 Å². The number of anilines is 1. The van der Waals surface area contributed by atoms with Gasteiger partial charge in [0.1, 0.15) is 5.69 Å². The molecule has 9 heteroatoms. The first kappa shape index (κ1) is 23.8. The summed E-state index contributed by atoms with van der Waals surface area (Å²) in [6.45, 7) is 5.10. The summed E-state index contributed by atoms with van der Waals surface area (Å²) in [5.41, 5.74) is 1.06. The molecule has 0 amide bonds. The van der Waals surface area contributed by atoms with Crippen LogP contribution in [0.5, 0.6) is 5.75 Å². The maximum absolute atomic E-state index is 13.8. The van der Waals surface area contributed by atoms with Crippen LogP contribution in [-0.2, 0) is 10.0 Å². The molecule has 1 aromatic heterocycles. The van der Waals surface area contributed by atoms with E-state index in [9.17, 15) is 13.2 Å². The van der Waals surface area contributed by atoms with Crippen molar-refractivity contribution in [3.8, 4) is 11.4 Å². The molecule has 1 aliphatic heterocycles. The fourth-order valence-electron chi connectivity index (χ4n) is 4.98. The van der Waals surface area contributed by atoms with Crippen LogP contribution in [0.4, 0.5) is 5.69 Å². The molecule has 0 N–H and O–H groups in total. The van der Waals surface area contributed by atoms with E-state index in [1.807, 2.05) is 47.4 Å². The maximum atomic E-state index is 13.8. The Kier molecular flexibility index (Phi) is 6.55. The summed E-state index contributed by atoms with van der Waals surface area (Å²) >= 11 is 0. The van der Waals surface area contributed by atoms with Crippen LogP contribution in [0.3, 0.4) is 0 Å². The topological polar surface area (TPSA) is 84.7 Å². The predicted molar refractivity (Wildman–Crippen MR) is 138 cm³/mol. The summed E-state index contributed by atoms with van der Waals surface area (Å²) < 4.78 is 34.5. The second-order valence-electron chi connectivity index (χ2n) is 9.58. The van der Waals surface area contributed by atoms with Gasteiger partial charge in [-0.05, 0) is 51.0 Å². The van der Waals surface area contributed by atoms with Crippen molar-refractivity contribution in [1.29, 1.82) is 0 Å². The zero-order valence-corrected chi connectivity index (χ0v) is 21.1. The number of sulfonamides is 1. The van der Waals surface area contributed by atoms with Crippen molar-refractivity contribution >= 4 is 26.5 Å². The number of benzene rings is 2. The minimum Gasteiger partial charge on any atom is -0.483 e. The molecule has 0 spiro atoms. The Morgan fingerprint density at radius 2 is 1.63 bits per heavy atom. The fourth-order valence-corrected chi connectivity index (χ4v) is 6.25. The summed E-state index contributed by atoms with van der Waals surface area (Å²) in [6.07, 6.45) is 5.74. The Labute approximate surface area is 206 Å². The standard InChI is InChI=1S/C26H32N4O4S/c1-19(2)35(32,33)29-16-14-28(15-17-29)24-18-27-30(26(31)25(24)34-21-10-4-5-11-21)23-13-7-9-20-8-3-6-12-22(20)23/h3,6-9,12-13,18-19,21H,4-5,10-11,14-17H2,1-2H3. The zero-order valence-electron chi connectivity index (χ0n) is 20.3. The monoisotopic (exact) mass is 496 g/mol. The van der Waals surface area contributed by atoms with Gasteiger partial charge in [0.05, 0.1) is 23.2 Å². The molecule has 186 valence electrons. The van der Waals surface area contributed by atoms with Crippen LogP contribution in [0, 0.1) is 0 Å². The molecule has 2 aromatic carbocycles. The van der Waals surface area contributed by atoms with Gasteiger partial charge in [0.2, 0.25) is 15.8 Å². The Bertz CT molecular complexity index is 1370. The van der Waals surface area contributed by atoms with Crippen molar-refractivity contribution in [1.82, 2.24) is 14.1 Å². The molecule has 35 heavy (non-hydrogen) atoms. The van der Waals surface area contributed by atoms with Gasteiger partial charge in [-0.25, -0.2) is 8.42 Å². The van der Waals surface area contributed by atoms with Gasteiger partial charge in [-0.3, -0.25) is 4.79 Å². The van der Waals surface area contributed by atoms with Gasteiger partial charge in [-0.2, -0.15) is 14.1 Å². The third-order valence-corrected chi connectivity index (χ3v) is 9.31. The quantitative estimate of drug-likeness (QED) is 0.519. The number of hydrogen-bond donors (Lipinski definition) is 0. The number of aromatic nitrogens is 2. The number of hydrogen-bond acceptors (Lipinski definition) is 6. The van der Waals surface area contributed by atoms with Crippen molar-refractivity contribution < 1.29 is 13.2 Å². The smallest absolute Gasteiger partial charge is 0.316 e. The molecule has 0 atom stereocenters. The summed E-state index contributed by atoms with van der Waals surface area (Å²) in [4.78, 5) is 15.8. The highest BCUT2D eigenvalue weighted by atomic mass is 32.2. The van der Waals surface area contributed by atoms with Crippen LogP contribution in [0.1, 0.15) is 39.5 Å². The third-order valence-electron chi connectivity index (χ3n) is 7.03. The maximum Gasteiger partial charge on any atom is 0.316 e. The zero-order chi connectivity index (χ0) is 24.6. The molecule has 8 nitrogen and oxygen atoms in total. The lowest BCUT2D eigenvalue weighted by Gasteiger charge is -2.36. The first-order valence-corrected chi connectivity index (χ1v) is 13.9. The fraction of sp³-hybridized carbons (Fsp3) is 0.462. The first-order valence-electron chi connectivity index (χ1n) is 12.4. The normalized spacial score (nSPS) is 18.0. The third kappa shape index (κ3) is 4.54. The molecule has 2 fully saturated rings. The molecular formula is C26H32N4O4S. The van der Waals surface area contributed by atoms with Crippen molar-refractivity contribution in [2.45, 2.75) is 50.9 Å². The van der Waals surface area contributed by atoms with Crippen LogP contribution < -0.4 is 15.2 Å². The van der Waals surface area contributed by atoms with E-state index in [0.29, 0.717) is 43.3 Å². The van der Waals surface area contributed by atoms with Crippen LogP contribution in [0.25, 0.3) is 16.5 Å². The Morgan fingerprint density at radius 3 is 2.34 bits per heavy atom. The van der Waals surface area contributed by atoms with Crippen molar-refractivity contribution in [3.05, 3.63) is 59.0 Å². The molecule has 0 radical (unpaired) electrons. The minimum absolute atomic E-state index is 0.00688. The van der Waals surface area contributed by atoms with E-state index in [4.69, 9.17) is 4.74 Å². The van der Waals surface area contributed by atoms with Gasteiger partial charge in [0.15, 0.2) is 0 Å². The average molecular weight is 497 g/mol. The molecule has 5 rings (SSSR count). The number of fused-ring (bicyclic) bond motifs is 1. The summed E-state index contributed by atoms with van der Waals surface area (Å²) in [5, 5.41) is 6.07. The van der Waals surface area contributed by atoms with E-state index in [1.54, 1.807) is 20.0 Å². The average Bonchev–Trinajstić information content (AvgIpc) is 3.38. The van der Waals surface area contributed by atoms with Crippen LogP contribution >= 0.6 is 0 Å². The molecular weight excluding hydrogens is 464 g/mol.